The van der Waals surface area contributed by atoms with E-state index >= 15 is 0 Å². The predicted octanol–water partition coefficient (Wildman–Crippen LogP) is 5.47. The van der Waals surface area contributed by atoms with Crippen molar-refractivity contribution >= 4 is 33.2 Å². The van der Waals surface area contributed by atoms with Crippen molar-refractivity contribution in [3.05, 3.63) is 70.6 Å². The molecular weight excluding hydrogens is 404 g/mol. The third-order valence-electron chi connectivity index (χ3n) is 4.45. The molecule has 9 heteroatoms. The SMILES string of the molecule is COc1cc2[nH]c3cc(Nc4ccc(OC(F)(F)F)cc4)ccc3c(=O)c2cc1F. The fourth-order valence-corrected chi connectivity index (χ4v) is 3.12. The number of hydrogen-bond donors (Lipinski definition) is 2. The van der Waals surface area contributed by atoms with Crippen LogP contribution < -0.4 is 20.2 Å². The highest BCUT2D eigenvalue weighted by molar-refractivity contribution is 5.94. The predicted molar refractivity (Wildman–Crippen MR) is 105 cm³/mol. The lowest BCUT2D eigenvalue weighted by Crippen LogP contribution is -2.16. The molecule has 1 heterocycles. The minimum Gasteiger partial charge on any atom is -0.494 e. The Morgan fingerprint density at radius 2 is 1.57 bits per heavy atom. The molecule has 0 fully saturated rings. The lowest BCUT2D eigenvalue weighted by Gasteiger charge is -2.11. The van der Waals surface area contributed by atoms with Gasteiger partial charge >= 0.3 is 6.36 Å². The monoisotopic (exact) mass is 418 g/mol. The number of halogens is 4. The molecular formula is C21H14F4N2O3. The Morgan fingerprint density at radius 1 is 0.900 bits per heavy atom. The van der Waals surface area contributed by atoms with Gasteiger partial charge in [0.15, 0.2) is 17.0 Å². The van der Waals surface area contributed by atoms with Crippen LogP contribution in [-0.4, -0.2) is 18.5 Å². The Morgan fingerprint density at radius 3 is 2.23 bits per heavy atom. The van der Waals surface area contributed by atoms with Crippen LogP contribution in [0.1, 0.15) is 0 Å². The Hall–Kier alpha value is -3.75. The van der Waals surface area contributed by atoms with Crippen molar-refractivity contribution in [2.24, 2.45) is 0 Å². The van der Waals surface area contributed by atoms with E-state index in [0.29, 0.717) is 27.8 Å². The van der Waals surface area contributed by atoms with Gasteiger partial charge in [0.05, 0.1) is 18.1 Å². The summed E-state index contributed by atoms with van der Waals surface area (Å²) in [5, 5.41) is 3.60. The Kier molecular flexibility index (Phi) is 4.73. The first-order chi connectivity index (χ1) is 14.2. The van der Waals surface area contributed by atoms with Crippen LogP contribution >= 0.6 is 0 Å². The van der Waals surface area contributed by atoms with E-state index in [0.717, 1.165) is 6.07 Å². The zero-order valence-corrected chi connectivity index (χ0v) is 15.4. The number of aromatic amines is 1. The fourth-order valence-electron chi connectivity index (χ4n) is 3.12. The molecule has 0 radical (unpaired) electrons. The van der Waals surface area contributed by atoms with Crippen molar-refractivity contribution < 1.29 is 27.0 Å². The fraction of sp³-hybridized carbons (Fsp3) is 0.0952. The Labute approximate surface area is 166 Å². The third kappa shape index (κ3) is 3.86. The van der Waals surface area contributed by atoms with Crippen LogP contribution in [0.3, 0.4) is 0 Å². The average Bonchev–Trinajstić information content (AvgIpc) is 2.69. The molecule has 0 aliphatic rings. The maximum atomic E-state index is 14.0. The standard InChI is InChI=1S/C21H14F4N2O3/c1-29-19-10-18-15(9-16(19)22)20(28)14-7-4-12(8-17(14)27-18)26-11-2-5-13(6-3-11)30-21(23,24)25/h2-10,26H,1H3,(H,27,28). The van der Waals surface area contributed by atoms with Crippen molar-refractivity contribution in [1.29, 1.82) is 0 Å². The second-order valence-electron chi connectivity index (χ2n) is 6.44. The summed E-state index contributed by atoms with van der Waals surface area (Å²) >= 11 is 0. The summed E-state index contributed by atoms with van der Waals surface area (Å²) in [5.41, 5.74) is 1.70. The van der Waals surface area contributed by atoms with E-state index in [4.69, 9.17) is 4.74 Å². The van der Waals surface area contributed by atoms with Crippen LogP contribution in [0.25, 0.3) is 21.8 Å². The largest absolute Gasteiger partial charge is 0.573 e. The number of benzene rings is 3. The quantitative estimate of drug-likeness (QED) is 0.341. The van der Waals surface area contributed by atoms with Crippen LogP contribution in [0.4, 0.5) is 28.9 Å². The van der Waals surface area contributed by atoms with Crippen LogP contribution in [0.2, 0.25) is 0 Å². The molecule has 4 rings (SSSR count). The van der Waals surface area contributed by atoms with E-state index in [1.54, 1.807) is 18.2 Å². The number of fused-ring (bicyclic) bond motifs is 2. The number of alkyl halides is 3. The lowest BCUT2D eigenvalue weighted by molar-refractivity contribution is -0.274. The molecule has 30 heavy (non-hydrogen) atoms. The van der Waals surface area contributed by atoms with Crippen molar-refractivity contribution in [3.63, 3.8) is 0 Å². The number of anilines is 2. The summed E-state index contributed by atoms with van der Waals surface area (Å²) in [5.74, 6) is -0.956. The van der Waals surface area contributed by atoms with E-state index in [-0.39, 0.29) is 22.3 Å². The molecule has 0 spiro atoms. The number of nitrogens with one attached hydrogen (secondary N) is 2. The van der Waals surface area contributed by atoms with Gasteiger partial charge in [-0.15, -0.1) is 13.2 Å². The molecule has 0 aliphatic heterocycles. The van der Waals surface area contributed by atoms with E-state index in [9.17, 15) is 22.4 Å². The highest BCUT2D eigenvalue weighted by Crippen LogP contribution is 2.27. The van der Waals surface area contributed by atoms with Gasteiger partial charge in [-0.3, -0.25) is 4.79 Å². The molecule has 0 bridgehead atoms. The topological polar surface area (TPSA) is 63.4 Å². The number of pyridine rings is 1. The van der Waals surface area contributed by atoms with Gasteiger partial charge in [-0.1, -0.05) is 0 Å². The van der Waals surface area contributed by atoms with Gasteiger partial charge in [0.1, 0.15) is 5.75 Å². The summed E-state index contributed by atoms with van der Waals surface area (Å²) < 4.78 is 59.5. The molecule has 0 aliphatic carbocycles. The van der Waals surface area contributed by atoms with Crippen molar-refractivity contribution in [2.45, 2.75) is 6.36 Å². The van der Waals surface area contributed by atoms with Crippen LogP contribution in [0.5, 0.6) is 11.5 Å². The molecule has 154 valence electrons. The van der Waals surface area contributed by atoms with Crippen LogP contribution in [-0.2, 0) is 0 Å². The summed E-state index contributed by atoms with van der Waals surface area (Å²) in [6, 6.07) is 12.7. The normalized spacial score (nSPS) is 11.6. The molecule has 0 atom stereocenters. The maximum Gasteiger partial charge on any atom is 0.573 e. The highest BCUT2D eigenvalue weighted by Gasteiger charge is 2.30. The minimum absolute atomic E-state index is 0.00736. The number of aromatic nitrogens is 1. The molecule has 4 aromatic rings. The molecule has 3 aromatic carbocycles. The number of hydrogen-bond acceptors (Lipinski definition) is 4. The van der Waals surface area contributed by atoms with Crippen molar-refractivity contribution in [2.75, 3.05) is 12.4 Å². The first-order valence-corrected chi connectivity index (χ1v) is 8.69. The third-order valence-corrected chi connectivity index (χ3v) is 4.45. The first kappa shape index (κ1) is 19.6. The van der Waals surface area contributed by atoms with Gasteiger partial charge in [0.25, 0.3) is 0 Å². The first-order valence-electron chi connectivity index (χ1n) is 8.69. The minimum atomic E-state index is -4.76. The Bertz CT molecular complexity index is 1300. The molecule has 0 saturated carbocycles. The van der Waals surface area contributed by atoms with Gasteiger partial charge in [0.2, 0.25) is 0 Å². The molecule has 2 N–H and O–H groups in total. The van der Waals surface area contributed by atoms with E-state index in [1.807, 2.05) is 0 Å². The van der Waals surface area contributed by atoms with E-state index in [1.165, 1.54) is 37.4 Å². The molecule has 0 amide bonds. The van der Waals surface area contributed by atoms with Crippen LogP contribution in [0.15, 0.2) is 59.4 Å². The van der Waals surface area contributed by atoms with Crippen molar-refractivity contribution in [1.82, 2.24) is 4.98 Å². The zero-order valence-electron chi connectivity index (χ0n) is 15.4. The molecule has 0 saturated heterocycles. The smallest absolute Gasteiger partial charge is 0.494 e. The second kappa shape index (κ2) is 7.25. The lowest BCUT2D eigenvalue weighted by atomic mass is 10.1. The highest BCUT2D eigenvalue weighted by atomic mass is 19.4. The van der Waals surface area contributed by atoms with Gasteiger partial charge in [0, 0.05) is 28.2 Å². The van der Waals surface area contributed by atoms with Gasteiger partial charge in [-0.25, -0.2) is 4.39 Å². The molecule has 5 nitrogen and oxygen atoms in total. The van der Waals surface area contributed by atoms with E-state index < -0.39 is 12.2 Å². The molecule has 0 unspecified atom stereocenters. The Balaban J connectivity index is 1.68. The maximum absolute atomic E-state index is 14.0. The summed E-state index contributed by atoms with van der Waals surface area (Å²) in [6.45, 7) is 0. The van der Waals surface area contributed by atoms with E-state index in [2.05, 4.69) is 15.0 Å². The van der Waals surface area contributed by atoms with Crippen molar-refractivity contribution in [3.8, 4) is 11.5 Å². The van der Waals surface area contributed by atoms with Gasteiger partial charge in [-0.05, 0) is 48.5 Å². The summed E-state index contributed by atoms with van der Waals surface area (Å²) in [4.78, 5) is 15.8. The van der Waals surface area contributed by atoms with Crippen LogP contribution in [0, 0.1) is 5.82 Å². The zero-order chi connectivity index (χ0) is 21.5. The van der Waals surface area contributed by atoms with Gasteiger partial charge in [-0.2, -0.15) is 0 Å². The average molecular weight is 418 g/mol. The van der Waals surface area contributed by atoms with Gasteiger partial charge < -0.3 is 19.8 Å². The summed E-state index contributed by atoms with van der Waals surface area (Å²) in [7, 11) is 1.33. The number of H-pyrrole nitrogens is 1. The second-order valence-corrected chi connectivity index (χ2v) is 6.44. The number of methoxy groups -OCH3 is 1. The summed E-state index contributed by atoms with van der Waals surface area (Å²) in [6.07, 6.45) is -4.76. The number of ether oxygens (including phenoxy) is 2. The molecule has 1 aromatic heterocycles. The number of rotatable bonds is 4.